The molecule has 6 heteroatoms. The Morgan fingerprint density at radius 3 is 2.70 bits per heavy atom. The maximum atomic E-state index is 11.9. The van der Waals surface area contributed by atoms with E-state index in [0.29, 0.717) is 17.6 Å². The van der Waals surface area contributed by atoms with E-state index in [1.54, 1.807) is 19.9 Å². The van der Waals surface area contributed by atoms with Crippen molar-refractivity contribution in [1.82, 2.24) is 0 Å². The van der Waals surface area contributed by atoms with Crippen LogP contribution in [0.2, 0.25) is 0 Å². The van der Waals surface area contributed by atoms with Crippen molar-refractivity contribution in [2.75, 3.05) is 6.61 Å². The second-order valence-corrected chi connectivity index (χ2v) is 5.90. The summed E-state index contributed by atoms with van der Waals surface area (Å²) in [5.41, 5.74) is 2.34. The molecule has 0 radical (unpaired) electrons. The fourth-order valence-corrected chi connectivity index (χ4v) is 2.77. The lowest BCUT2D eigenvalue weighted by Gasteiger charge is -2.24. The maximum Gasteiger partial charge on any atom is 0.337 e. The van der Waals surface area contributed by atoms with E-state index in [1.165, 1.54) is 6.92 Å². The first-order valence-corrected chi connectivity index (χ1v) is 7.57. The largest absolute Gasteiger partial charge is 0.458 e. The maximum absolute atomic E-state index is 11.9. The fourth-order valence-electron chi connectivity index (χ4n) is 2.77. The molecule has 2 rings (SSSR count). The molecular weight excluding hydrogens is 300 g/mol. The summed E-state index contributed by atoms with van der Waals surface area (Å²) in [5, 5.41) is 19.7. The Labute approximate surface area is 135 Å². The van der Waals surface area contributed by atoms with Crippen LogP contribution in [-0.2, 0) is 19.1 Å². The molecule has 23 heavy (non-hydrogen) atoms. The van der Waals surface area contributed by atoms with E-state index in [1.807, 2.05) is 6.08 Å². The van der Waals surface area contributed by atoms with Crippen molar-refractivity contribution in [3.63, 3.8) is 0 Å². The molecule has 2 N–H and O–H groups in total. The van der Waals surface area contributed by atoms with Crippen LogP contribution < -0.4 is 0 Å². The van der Waals surface area contributed by atoms with Gasteiger partial charge in [-0.15, -0.1) is 0 Å². The zero-order chi connectivity index (χ0) is 17.1. The van der Waals surface area contributed by atoms with Gasteiger partial charge in [0.2, 0.25) is 0 Å². The highest BCUT2D eigenvalue weighted by molar-refractivity contribution is 5.93. The Morgan fingerprint density at radius 2 is 2.09 bits per heavy atom. The number of hydrogen-bond acceptors (Lipinski definition) is 6. The molecule has 0 amide bonds. The smallest absolute Gasteiger partial charge is 0.337 e. The summed E-state index contributed by atoms with van der Waals surface area (Å²) in [5.74, 6) is -0.977. The average molecular weight is 322 g/mol. The first-order valence-electron chi connectivity index (χ1n) is 7.57. The molecule has 0 spiro atoms. The van der Waals surface area contributed by atoms with Gasteiger partial charge in [0, 0.05) is 13.3 Å². The molecule has 1 aliphatic heterocycles. The Balaban J connectivity index is 2.44. The molecule has 126 valence electrons. The summed E-state index contributed by atoms with van der Waals surface area (Å²) < 4.78 is 10.6. The van der Waals surface area contributed by atoms with E-state index in [-0.39, 0.29) is 18.6 Å². The van der Waals surface area contributed by atoms with Gasteiger partial charge >= 0.3 is 11.9 Å². The number of rotatable bonds is 2. The highest BCUT2D eigenvalue weighted by Gasteiger charge is 2.33. The number of allylic oxidation sites excluding steroid dienone is 1. The number of carbonyl (C=O) groups excluding carboxylic acids is 2. The number of carbonyl (C=O) groups is 2. The number of esters is 2. The minimum absolute atomic E-state index is 0.247. The normalized spacial score (nSPS) is 28.6. The highest BCUT2D eigenvalue weighted by atomic mass is 16.6. The molecule has 3 unspecified atom stereocenters. The predicted molar refractivity (Wildman–Crippen MR) is 82.3 cm³/mol. The Morgan fingerprint density at radius 1 is 1.39 bits per heavy atom. The van der Waals surface area contributed by atoms with Gasteiger partial charge in [0.05, 0.1) is 18.3 Å². The number of aliphatic hydroxyl groups excluding tert-OH is 2. The minimum atomic E-state index is -0.754. The summed E-state index contributed by atoms with van der Waals surface area (Å²) >= 11 is 0. The SMILES string of the molecule is CC(=O)OC1CC(O)C(C)=CCC2=C(CO)C(=O)OC2C=C1C. The van der Waals surface area contributed by atoms with Crippen LogP contribution in [0, 0.1) is 0 Å². The third-order valence-electron chi connectivity index (χ3n) is 4.21. The van der Waals surface area contributed by atoms with Crippen LogP contribution in [0.25, 0.3) is 0 Å². The monoisotopic (exact) mass is 322 g/mol. The molecule has 0 saturated heterocycles. The molecule has 0 fully saturated rings. The Kier molecular flexibility index (Phi) is 5.38. The topological polar surface area (TPSA) is 93.1 Å². The van der Waals surface area contributed by atoms with E-state index in [9.17, 15) is 19.8 Å². The number of hydrogen-bond donors (Lipinski definition) is 2. The summed E-state index contributed by atoms with van der Waals surface area (Å²) in [6, 6.07) is 0. The Bertz CT molecular complexity index is 598. The highest BCUT2D eigenvalue weighted by Crippen LogP contribution is 2.31. The molecule has 0 saturated carbocycles. The summed E-state index contributed by atoms with van der Waals surface area (Å²) in [6.07, 6.45) is 2.25. The van der Waals surface area contributed by atoms with Gasteiger partial charge in [0.25, 0.3) is 0 Å². The average Bonchev–Trinajstić information content (AvgIpc) is 2.77. The third kappa shape index (κ3) is 3.89. The molecular formula is C17H22O6. The van der Waals surface area contributed by atoms with Crippen LogP contribution in [0.15, 0.2) is 34.4 Å². The van der Waals surface area contributed by atoms with E-state index < -0.39 is 30.3 Å². The lowest BCUT2D eigenvalue weighted by Crippen LogP contribution is -2.26. The molecule has 6 nitrogen and oxygen atoms in total. The fraction of sp³-hybridized carbons (Fsp3) is 0.529. The van der Waals surface area contributed by atoms with Gasteiger partial charge in [0.15, 0.2) is 0 Å². The van der Waals surface area contributed by atoms with Gasteiger partial charge in [0.1, 0.15) is 12.2 Å². The van der Waals surface area contributed by atoms with Gasteiger partial charge in [-0.1, -0.05) is 6.08 Å². The van der Waals surface area contributed by atoms with E-state index in [4.69, 9.17) is 9.47 Å². The van der Waals surface area contributed by atoms with E-state index >= 15 is 0 Å². The number of aliphatic hydroxyl groups is 2. The first-order chi connectivity index (χ1) is 10.8. The minimum Gasteiger partial charge on any atom is -0.458 e. The van der Waals surface area contributed by atoms with E-state index in [2.05, 4.69) is 0 Å². The number of fused-ring (bicyclic) bond motifs is 1. The molecule has 2 aliphatic rings. The molecule has 0 aromatic heterocycles. The molecule has 0 aromatic rings. The van der Waals surface area contributed by atoms with Gasteiger partial charge in [-0.25, -0.2) is 4.79 Å². The van der Waals surface area contributed by atoms with Gasteiger partial charge in [-0.2, -0.15) is 0 Å². The lowest BCUT2D eigenvalue weighted by atomic mass is 9.92. The van der Waals surface area contributed by atoms with Gasteiger partial charge in [-0.05, 0) is 43.1 Å². The summed E-state index contributed by atoms with van der Waals surface area (Å²) in [6.45, 7) is 4.47. The van der Waals surface area contributed by atoms with Crippen LogP contribution in [0.4, 0.5) is 0 Å². The van der Waals surface area contributed by atoms with Crippen molar-refractivity contribution in [1.29, 1.82) is 0 Å². The van der Waals surface area contributed by atoms with Crippen molar-refractivity contribution in [2.45, 2.75) is 51.9 Å². The van der Waals surface area contributed by atoms with Crippen molar-refractivity contribution in [2.24, 2.45) is 0 Å². The van der Waals surface area contributed by atoms with Crippen molar-refractivity contribution in [3.8, 4) is 0 Å². The van der Waals surface area contributed by atoms with Crippen molar-refractivity contribution in [3.05, 3.63) is 34.4 Å². The zero-order valence-electron chi connectivity index (χ0n) is 13.5. The van der Waals surface area contributed by atoms with Crippen LogP contribution in [0.3, 0.4) is 0 Å². The quantitative estimate of drug-likeness (QED) is 0.586. The van der Waals surface area contributed by atoms with Crippen LogP contribution in [0.1, 0.15) is 33.6 Å². The molecule has 1 aliphatic carbocycles. The number of ether oxygens (including phenoxy) is 2. The molecule has 3 atom stereocenters. The zero-order valence-corrected chi connectivity index (χ0v) is 13.5. The van der Waals surface area contributed by atoms with Crippen molar-refractivity contribution < 1.29 is 29.3 Å². The second-order valence-electron chi connectivity index (χ2n) is 5.90. The lowest BCUT2D eigenvalue weighted by molar-refractivity contribution is -0.146. The van der Waals surface area contributed by atoms with Crippen LogP contribution in [-0.4, -0.2) is 47.1 Å². The van der Waals surface area contributed by atoms with Gasteiger partial charge < -0.3 is 19.7 Å². The van der Waals surface area contributed by atoms with Crippen molar-refractivity contribution >= 4 is 11.9 Å². The Hall–Kier alpha value is -1.92. The molecule has 1 heterocycles. The molecule has 0 aromatic carbocycles. The molecule has 0 bridgehead atoms. The standard InChI is InChI=1S/C17H22O6/c1-9-4-5-12-13(8-18)17(21)23-16(12)6-10(2)15(7-14(9)20)22-11(3)19/h4,6,14-16,18,20H,5,7-8H2,1-3H3. The third-order valence-corrected chi connectivity index (χ3v) is 4.21. The van der Waals surface area contributed by atoms with Crippen LogP contribution in [0.5, 0.6) is 0 Å². The van der Waals surface area contributed by atoms with Gasteiger partial charge in [-0.3, -0.25) is 4.79 Å². The second kappa shape index (κ2) is 7.10. The summed E-state index contributed by atoms with van der Waals surface area (Å²) in [4.78, 5) is 23.2. The summed E-state index contributed by atoms with van der Waals surface area (Å²) in [7, 11) is 0. The predicted octanol–water partition coefficient (Wildman–Crippen LogP) is 1.18. The van der Waals surface area contributed by atoms with Crippen LogP contribution >= 0.6 is 0 Å². The van der Waals surface area contributed by atoms with E-state index in [0.717, 1.165) is 5.57 Å². The first kappa shape index (κ1) is 17.4.